The molecule has 2 heterocycles. The minimum Gasteiger partial charge on any atom is -0.508 e. The van der Waals surface area contributed by atoms with Gasteiger partial charge in [0, 0.05) is 14.1 Å². The van der Waals surface area contributed by atoms with Crippen molar-refractivity contribution in [3.05, 3.63) is 50.7 Å². The molecule has 0 atom stereocenters. The van der Waals surface area contributed by atoms with Gasteiger partial charge in [-0.2, -0.15) is 10.1 Å². The van der Waals surface area contributed by atoms with Gasteiger partial charge in [0.1, 0.15) is 5.75 Å². The van der Waals surface area contributed by atoms with Crippen LogP contribution in [0.2, 0.25) is 0 Å². The topological polar surface area (TPSA) is 117 Å². The van der Waals surface area contributed by atoms with Crippen molar-refractivity contribution in [1.82, 2.24) is 19.1 Å². The van der Waals surface area contributed by atoms with Gasteiger partial charge in [-0.05, 0) is 17.7 Å². The fraction of sp³-hybridized carbons (Fsp3) is 0.143. The molecule has 0 bridgehead atoms. The van der Waals surface area contributed by atoms with Crippen LogP contribution in [0, 0.1) is 0 Å². The zero-order valence-electron chi connectivity index (χ0n) is 12.4. The number of aromatic nitrogens is 4. The van der Waals surface area contributed by atoms with Crippen LogP contribution in [-0.4, -0.2) is 30.4 Å². The van der Waals surface area contributed by atoms with Gasteiger partial charge >= 0.3 is 5.69 Å². The monoisotopic (exact) mass is 314 g/mol. The lowest BCUT2D eigenvalue weighted by atomic mass is 10.2. The number of benzene rings is 1. The highest BCUT2D eigenvalue weighted by atomic mass is 16.3. The lowest BCUT2D eigenvalue weighted by molar-refractivity contribution is 0.475. The maximum absolute atomic E-state index is 11.9. The van der Waals surface area contributed by atoms with Crippen LogP contribution in [0.25, 0.3) is 11.2 Å². The number of rotatable bonds is 3. The summed E-state index contributed by atoms with van der Waals surface area (Å²) >= 11 is 0. The van der Waals surface area contributed by atoms with E-state index in [-0.39, 0.29) is 16.9 Å². The Balaban J connectivity index is 1.97. The average Bonchev–Trinajstić information content (AvgIpc) is 2.83. The molecular formula is C14H14N6O3. The lowest BCUT2D eigenvalue weighted by Gasteiger charge is -2.00. The first-order valence-corrected chi connectivity index (χ1v) is 6.71. The summed E-state index contributed by atoms with van der Waals surface area (Å²) in [5.74, 6) is 0.446. The molecule has 0 aliphatic carbocycles. The van der Waals surface area contributed by atoms with Crippen molar-refractivity contribution < 1.29 is 5.11 Å². The molecule has 0 saturated heterocycles. The minimum absolute atomic E-state index is 0.137. The fourth-order valence-electron chi connectivity index (χ4n) is 2.18. The van der Waals surface area contributed by atoms with E-state index in [0.29, 0.717) is 11.5 Å². The van der Waals surface area contributed by atoms with E-state index in [0.717, 1.165) is 0 Å². The number of anilines is 1. The van der Waals surface area contributed by atoms with Gasteiger partial charge in [-0.25, -0.2) is 10.2 Å². The molecule has 0 amide bonds. The first-order chi connectivity index (χ1) is 11.0. The van der Waals surface area contributed by atoms with E-state index in [1.165, 1.54) is 22.4 Å². The smallest absolute Gasteiger partial charge is 0.329 e. The number of nitrogens with zero attached hydrogens (tertiary/aromatic N) is 4. The number of hydrazone groups is 1. The predicted molar refractivity (Wildman–Crippen MR) is 85.9 cm³/mol. The maximum Gasteiger partial charge on any atom is 0.329 e. The molecule has 9 nitrogen and oxygen atoms in total. The van der Waals surface area contributed by atoms with Crippen molar-refractivity contribution in [3.63, 3.8) is 0 Å². The van der Waals surface area contributed by atoms with E-state index in [2.05, 4.69) is 20.5 Å². The van der Waals surface area contributed by atoms with Crippen LogP contribution in [0.1, 0.15) is 5.56 Å². The highest BCUT2D eigenvalue weighted by Crippen LogP contribution is 2.13. The van der Waals surface area contributed by atoms with Crippen LogP contribution in [0.5, 0.6) is 5.75 Å². The Labute approximate surface area is 129 Å². The van der Waals surface area contributed by atoms with Crippen molar-refractivity contribution in [2.45, 2.75) is 0 Å². The van der Waals surface area contributed by atoms with E-state index < -0.39 is 11.2 Å². The summed E-state index contributed by atoms with van der Waals surface area (Å²) in [5, 5.41) is 13.4. The third kappa shape index (κ3) is 2.59. The fourth-order valence-corrected chi connectivity index (χ4v) is 2.18. The summed E-state index contributed by atoms with van der Waals surface area (Å²) in [4.78, 5) is 29.9. The second kappa shape index (κ2) is 5.44. The molecule has 118 valence electrons. The minimum atomic E-state index is -0.532. The first kappa shape index (κ1) is 14.6. The number of aromatic amines is 1. The van der Waals surface area contributed by atoms with Crippen molar-refractivity contribution in [2.24, 2.45) is 19.2 Å². The number of H-pyrrole nitrogens is 1. The average molecular weight is 314 g/mol. The molecule has 9 heteroatoms. The molecule has 3 N–H and O–H groups in total. The predicted octanol–water partition coefficient (Wildman–Crippen LogP) is 0.112. The van der Waals surface area contributed by atoms with Gasteiger partial charge in [-0.1, -0.05) is 12.1 Å². The Hall–Kier alpha value is -3.36. The van der Waals surface area contributed by atoms with E-state index in [4.69, 9.17) is 0 Å². The number of phenolic OH excluding ortho intramolecular Hbond substituents is 1. The summed E-state index contributed by atoms with van der Waals surface area (Å²) in [6, 6.07) is 6.58. The van der Waals surface area contributed by atoms with E-state index in [1.54, 1.807) is 31.3 Å². The highest BCUT2D eigenvalue weighted by Gasteiger charge is 2.14. The molecular weight excluding hydrogens is 300 g/mol. The van der Waals surface area contributed by atoms with Crippen molar-refractivity contribution in [2.75, 3.05) is 5.43 Å². The number of imidazole rings is 1. The highest BCUT2D eigenvalue weighted by molar-refractivity contribution is 5.81. The molecule has 0 aliphatic rings. The van der Waals surface area contributed by atoms with Crippen LogP contribution in [0.15, 0.2) is 39.0 Å². The van der Waals surface area contributed by atoms with Gasteiger partial charge in [0.05, 0.1) is 6.21 Å². The maximum atomic E-state index is 11.9. The molecule has 3 aromatic rings. The standard InChI is InChI=1S/C14H14N6O3/c1-19-10-11(20(2)14(23)17-12(10)22)16-13(19)18-15-7-8-4-3-5-9(21)6-8/h3-7,21H,1-2H3,(H,16,18)(H,17,22,23). The number of phenols is 1. The number of fused-ring (bicyclic) bond motifs is 1. The van der Waals surface area contributed by atoms with Gasteiger partial charge in [-0.3, -0.25) is 14.3 Å². The van der Waals surface area contributed by atoms with E-state index >= 15 is 0 Å². The second-order valence-electron chi connectivity index (χ2n) is 4.95. The summed E-state index contributed by atoms with van der Waals surface area (Å²) in [5.41, 5.74) is 2.89. The Kier molecular flexibility index (Phi) is 3.45. The zero-order valence-corrected chi connectivity index (χ0v) is 12.4. The molecule has 0 aliphatic heterocycles. The molecule has 23 heavy (non-hydrogen) atoms. The van der Waals surface area contributed by atoms with Gasteiger partial charge < -0.3 is 9.67 Å². The molecule has 2 aromatic heterocycles. The summed E-state index contributed by atoms with van der Waals surface area (Å²) in [6.07, 6.45) is 1.50. The molecule has 0 saturated carbocycles. The summed E-state index contributed by atoms with van der Waals surface area (Å²) in [7, 11) is 3.16. The molecule has 1 aromatic carbocycles. The van der Waals surface area contributed by atoms with Crippen LogP contribution < -0.4 is 16.7 Å². The SMILES string of the molecule is Cn1c(NN=Cc2cccc(O)c2)nc2c1c(=O)[nH]c(=O)n2C. The van der Waals surface area contributed by atoms with Crippen LogP contribution >= 0.6 is 0 Å². The number of aryl methyl sites for hydroxylation is 2. The molecule has 0 unspecified atom stereocenters. The quantitative estimate of drug-likeness (QED) is 0.468. The van der Waals surface area contributed by atoms with Gasteiger partial charge in [0.15, 0.2) is 11.2 Å². The summed E-state index contributed by atoms with van der Waals surface area (Å²) < 4.78 is 2.76. The van der Waals surface area contributed by atoms with Gasteiger partial charge in [0.2, 0.25) is 5.95 Å². The second-order valence-corrected chi connectivity index (χ2v) is 4.95. The van der Waals surface area contributed by atoms with Crippen molar-refractivity contribution in [3.8, 4) is 5.75 Å². The van der Waals surface area contributed by atoms with Crippen molar-refractivity contribution >= 4 is 23.3 Å². The van der Waals surface area contributed by atoms with Gasteiger partial charge in [-0.15, -0.1) is 0 Å². The van der Waals surface area contributed by atoms with E-state index in [9.17, 15) is 14.7 Å². The van der Waals surface area contributed by atoms with Gasteiger partial charge in [0.25, 0.3) is 5.56 Å². The van der Waals surface area contributed by atoms with E-state index in [1.807, 2.05) is 0 Å². The van der Waals surface area contributed by atoms with Crippen LogP contribution in [-0.2, 0) is 14.1 Å². The normalized spacial score (nSPS) is 11.4. The molecule has 3 rings (SSSR count). The zero-order chi connectivity index (χ0) is 16.6. The van der Waals surface area contributed by atoms with Crippen LogP contribution in [0.3, 0.4) is 0 Å². The molecule has 0 fully saturated rings. The Morgan fingerprint density at radius 1 is 1.30 bits per heavy atom. The Morgan fingerprint density at radius 3 is 2.83 bits per heavy atom. The summed E-state index contributed by atoms with van der Waals surface area (Å²) in [6.45, 7) is 0. The van der Waals surface area contributed by atoms with Crippen molar-refractivity contribution in [1.29, 1.82) is 0 Å². The Morgan fingerprint density at radius 2 is 2.09 bits per heavy atom. The third-order valence-electron chi connectivity index (χ3n) is 3.38. The Bertz CT molecular complexity index is 1030. The largest absolute Gasteiger partial charge is 0.508 e. The third-order valence-corrected chi connectivity index (χ3v) is 3.38. The number of hydrogen-bond acceptors (Lipinski definition) is 6. The molecule has 0 radical (unpaired) electrons. The number of aromatic hydroxyl groups is 1. The first-order valence-electron chi connectivity index (χ1n) is 6.71. The van der Waals surface area contributed by atoms with Crippen LogP contribution in [0.4, 0.5) is 5.95 Å². The molecule has 0 spiro atoms. The number of hydrogen-bond donors (Lipinski definition) is 3. The number of nitrogens with one attached hydrogen (secondary N) is 2. The lowest BCUT2D eigenvalue weighted by Crippen LogP contribution is -2.29.